The summed E-state index contributed by atoms with van der Waals surface area (Å²) in [4.78, 5) is 7.02. The van der Waals surface area contributed by atoms with Gasteiger partial charge in [-0.2, -0.15) is 0 Å². The summed E-state index contributed by atoms with van der Waals surface area (Å²) in [6.07, 6.45) is 1.61. The molecule has 8 heteroatoms. The first kappa shape index (κ1) is 18.1. The summed E-state index contributed by atoms with van der Waals surface area (Å²) in [5.74, 6) is -0.930. The van der Waals surface area contributed by atoms with Crippen LogP contribution in [-0.4, -0.2) is 38.0 Å². The number of hydrogen-bond donors (Lipinski definition) is 0. The largest absolute Gasteiger partial charge is 0.369 e. The van der Waals surface area contributed by atoms with Crippen molar-refractivity contribution in [1.29, 1.82) is 0 Å². The Hall–Kier alpha value is -2.32. The number of aromatic nitrogens is 1. The van der Waals surface area contributed by atoms with Crippen molar-refractivity contribution in [1.82, 2.24) is 4.98 Å². The van der Waals surface area contributed by atoms with E-state index in [0.717, 1.165) is 16.1 Å². The normalized spacial score (nSPS) is 16.4. The van der Waals surface area contributed by atoms with Gasteiger partial charge in [-0.1, -0.05) is 18.2 Å². The van der Waals surface area contributed by atoms with E-state index < -0.39 is 21.5 Å². The summed E-state index contributed by atoms with van der Waals surface area (Å²) in [6, 6.07) is 11.4. The molecule has 1 aliphatic heterocycles. The second kappa shape index (κ2) is 7.01. The first-order chi connectivity index (χ1) is 12.9. The minimum absolute atomic E-state index is 0.111. The number of sulfone groups is 1. The van der Waals surface area contributed by atoms with E-state index in [1.165, 1.54) is 29.5 Å². The van der Waals surface area contributed by atoms with Gasteiger partial charge in [-0.25, -0.2) is 22.2 Å². The maximum atomic E-state index is 13.9. The molecule has 4 rings (SSSR count). The van der Waals surface area contributed by atoms with Crippen LogP contribution in [0.5, 0.6) is 0 Å². The molecule has 0 radical (unpaired) electrons. The van der Waals surface area contributed by atoms with Crippen LogP contribution in [0.25, 0.3) is 21.0 Å². The van der Waals surface area contributed by atoms with Gasteiger partial charge in [0, 0.05) is 25.0 Å². The molecule has 4 nitrogen and oxygen atoms in total. The van der Waals surface area contributed by atoms with Crippen LogP contribution in [0.4, 0.5) is 14.5 Å². The lowest BCUT2D eigenvalue weighted by atomic mass is 10.1. The van der Waals surface area contributed by atoms with Crippen molar-refractivity contribution in [3.05, 3.63) is 60.3 Å². The fourth-order valence-electron chi connectivity index (χ4n) is 3.03. The Balaban J connectivity index is 1.56. The summed E-state index contributed by atoms with van der Waals surface area (Å²) in [7, 11) is -2.92. The molecule has 0 N–H and O–H groups in total. The lowest BCUT2D eigenvalue weighted by Gasteiger charge is -2.28. The third-order valence-corrected chi connectivity index (χ3v) is 7.22. The van der Waals surface area contributed by atoms with Crippen molar-refractivity contribution in [2.24, 2.45) is 0 Å². The highest BCUT2D eigenvalue weighted by molar-refractivity contribution is 7.91. The van der Waals surface area contributed by atoms with Crippen molar-refractivity contribution < 1.29 is 17.2 Å². The topological polar surface area (TPSA) is 50.3 Å². The molecule has 0 spiro atoms. The average Bonchev–Trinajstić information content (AvgIpc) is 3.11. The molecule has 0 unspecified atom stereocenters. The predicted octanol–water partition coefficient (Wildman–Crippen LogP) is 3.99. The highest BCUT2D eigenvalue weighted by Gasteiger charge is 2.22. The Labute approximate surface area is 160 Å². The zero-order valence-corrected chi connectivity index (χ0v) is 15.9. The molecule has 0 bridgehead atoms. The molecule has 1 aliphatic rings. The SMILES string of the molecule is O=S1(=O)CCN(c2ccc(-c3cnc(-c4c(F)cccc4F)s3)cc2)CC1. The number of thiazole rings is 1. The summed E-state index contributed by atoms with van der Waals surface area (Å²) >= 11 is 1.22. The van der Waals surface area contributed by atoms with E-state index >= 15 is 0 Å². The summed E-state index contributed by atoms with van der Waals surface area (Å²) < 4.78 is 51.0. The number of benzene rings is 2. The number of anilines is 1. The monoisotopic (exact) mass is 406 g/mol. The van der Waals surface area contributed by atoms with Gasteiger partial charge < -0.3 is 4.90 Å². The van der Waals surface area contributed by atoms with Crippen LogP contribution in [0.2, 0.25) is 0 Å². The summed E-state index contributed by atoms with van der Waals surface area (Å²) in [5.41, 5.74) is 1.74. The van der Waals surface area contributed by atoms with Crippen LogP contribution in [-0.2, 0) is 9.84 Å². The van der Waals surface area contributed by atoms with E-state index in [9.17, 15) is 17.2 Å². The zero-order chi connectivity index (χ0) is 19.0. The van der Waals surface area contributed by atoms with E-state index in [-0.39, 0.29) is 17.1 Å². The first-order valence-corrected chi connectivity index (χ1v) is 11.0. The van der Waals surface area contributed by atoms with E-state index in [2.05, 4.69) is 4.98 Å². The van der Waals surface area contributed by atoms with Gasteiger partial charge in [0.25, 0.3) is 0 Å². The number of rotatable bonds is 3. The molecule has 2 heterocycles. The Morgan fingerprint density at radius 1 is 0.963 bits per heavy atom. The molecule has 0 saturated carbocycles. The van der Waals surface area contributed by atoms with Crippen LogP contribution < -0.4 is 4.90 Å². The molecular formula is C19H16F2N2O2S2. The Kier molecular flexibility index (Phi) is 4.69. The molecule has 2 aromatic carbocycles. The number of hydrogen-bond acceptors (Lipinski definition) is 5. The van der Waals surface area contributed by atoms with Gasteiger partial charge in [0.1, 0.15) is 16.6 Å². The third-order valence-electron chi connectivity index (χ3n) is 4.54. The molecule has 0 aliphatic carbocycles. The Bertz CT molecular complexity index is 1050. The van der Waals surface area contributed by atoms with Crippen molar-refractivity contribution in [3.63, 3.8) is 0 Å². The molecule has 1 fully saturated rings. The van der Waals surface area contributed by atoms with Crippen LogP contribution in [0.15, 0.2) is 48.7 Å². The molecule has 3 aromatic rings. The van der Waals surface area contributed by atoms with Crippen molar-refractivity contribution >= 4 is 26.9 Å². The molecule has 140 valence electrons. The highest BCUT2D eigenvalue weighted by atomic mass is 32.2. The number of nitrogens with zero attached hydrogens (tertiary/aromatic N) is 2. The van der Waals surface area contributed by atoms with E-state index in [1.807, 2.05) is 29.2 Å². The minimum Gasteiger partial charge on any atom is -0.369 e. The first-order valence-electron chi connectivity index (χ1n) is 8.39. The van der Waals surface area contributed by atoms with E-state index in [0.29, 0.717) is 18.1 Å². The molecule has 1 aromatic heterocycles. The van der Waals surface area contributed by atoms with Crippen molar-refractivity contribution in [3.8, 4) is 21.0 Å². The lowest BCUT2D eigenvalue weighted by molar-refractivity contribution is 0.586. The fourth-order valence-corrected chi connectivity index (χ4v) is 5.20. The quantitative estimate of drug-likeness (QED) is 0.660. The van der Waals surface area contributed by atoms with Gasteiger partial charge in [-0.3, -0.25) is 0 Å². The van der Waals surface area contributed by atoms with Crippen LogP contribution in [0, 0.1) is 11.6 Å². The maximum Gasteiger partial charge on any atom is 0.153 e. The second-order valence-electron chi connectivity index (χ2n) is 6.31. The van der Waals surface area contributed by atoms with Gasteiger partial charge in [-0.15, -0.1) is 11.3 Å². The molecule has 0 atom stereocenters. The smallest absolute Gasteiger partial charge is 0.153 e. The zero-order valence-electron chi connectivity index (χ0n) is 14.2. The fraction of sp³-hybridized carbons (Fsp3) is 0.211. The van der Waals surface area contributed by atoms with E-state index in [4.69, 9.17) is 0 Å². The Morgan fingerprint density at radius 2 is 1.59 bits per heavy atom. The molecular weight excluding hydrogens is 390 g/mol. The highest BCUT2D eigenvalue weighted by Crippen LogP contribution is 2.35. The van der Waals surface area contributed by atoms with Gasteiger partial charge in [0.2, 0.25) is 0 Å². The van der Waals surface area contributed by atoms with Crippen LogP contribution in [0.1, 0.15) is 0 Å². The van der Waals surface area contributed by atoms with Gasteiger partial charge in [0.05, 0.1) is 21.9 Å². The third kappa shape index (κ3) is 3.72. The average molecular weight is 406 g/mol. The predicted molar refractivity (Wildman–Crippen MR) is 104 cm³/mol. The minimum atomic E-state index is -2.92. The maximum absolute atomic E-state index is 13.9. The summed E-state index contributed by atoms with van der Waals surface area (Å²) in [5, 5.41) is 0.297. The number of halogens is 2. The van der Waals surface area contributed by atoms with E-state index in [1.54, 1.807) is 6.20 Å². The Morgan fingerprint density at radius 3 is 2.22 bits per heavy atom. The van der Waals surface area contributed by atoms with Crippen molar-refractivity contribution in [2.45, 2.75) is 0 Å². The van der Waals surface area contributed by atoms with Crippen LogP contribution >= 0.6 is 11.3 Å². The molecule has 0 amide bonds. The summed E-state index contributed by atoms with van der Waals surface area (Å²) in [6.45, 7) is 0.970. The van der Waals surface area contributed by atoms with Gasteiger partial charge in [-0.05, 0) is 29.8 Å². The van der Waals surface area contributed by atoms with Crippen molar-refractivity contribution in [2.75, 3.05) is 29.5 Å². The second-order valence-corrected chi connectivity index (χ2v) is 9.65. The van der Waals surface area contributed by atoms with Gasteiger partial charge >= 0.3 is 0 Å². The molecule has 27 heavy (non-hydrogen) atoms. The molecule has 1 saturated heterocycles. The standard InChI is InChI=1S/C19H16F2N2O2S2/c20-15-2-1-3-16(21)18(15)19-22-12-17(26-19)13-4-6-14(7-5-13)23-8-10-27(24,25)11-9-23/h1-7,12H,8-11H2. The van der Waals surface area contributed by atoms with Crippen LogP contribution in [0.3, 0.4) is 0 Å². The lowest BCUT2D eigenvalue weighted by Crippen LogP contribution is -2.40. The van der Waals surface area contributed by atoms with Gasteiger partial charge in [0.15, 0.2) is 9.84 Å².